The van der Waals surface area contributed by atoms with Crippen molar-refractivity contribution in [2.75, 3.05) is 25.5 Å². The van der Waals surface area contributed by atoms with Crippen LogP contribution in [0.4, 0.5) is 5.69 Å². The lowest BCUT2D eigenvalue weighted by atomic mass is 9.86. The van der Waals surface area contributed by atoms with Gasteiger partial charge in [-0.1, -0.05) is 62.3 Å². The summed E-state index contributed by atoms with van der Waals surface area (Å²) in [6.07, 6.45) is 0. The monoisotopic (exact) mass is 326 g/mol. The lowest BCUT2D eigenvalue weighted by Crippen LogP contribution is -2.50. The zero-order valence-corrected chi connectivity index (χ0v) is 17.1. The summed E-state index contributed by atoms with van der Waals surface area (Å²) in [6, 6.07) is 0.252. The van der Waals surface area contributed by atoms with E-state index in [-0.39, 0.29) is 28.2 Å². The van der Waals surface area contributed by atoms with Crippen molar-refractivity contribution < 1.29 is 0 Å². The summed E-state index contributed by atoms with van der Waals surface area (Å²) < 4.78 is 0. The molecule has 0 heterocycles. The van der Waals surface area contributed by atoms with Crippen LogP contribution in [0.3, 0.4) is 0 Å². The van der Waals surface area contributed by atoms with Gasteiger partial charge < -0.3 is 10.2 Å². The van der Waals surface area contributed by atoms with Crippen molar-refractivity contribution in [2.45, 2.75) is 74.3 Å². The van der Waals surface area contributed by atoms with Gasteiger partial charge in [0.25, 0.3) is 0 Å². The van der Waals surface area contributed by atoms with Gasteiger partial charge in [-0.3, -0.25) is 9.59 Å². The van der Waals surface area contributed by atoms with E-state index in [1.165, 1.54) is 0 Å². The minimum Gasteiger partial charge on any atom is -0.369 e. The standard InChI is InChI=1S/C15H26N2O2.2C2H6/c1-9(2)11-12(14(19)13(11)18)17(7)8-10(16-6)15(3,4)5;2*1-2/h9-10,16H,8H2,1-7H3;2*1-2H3. The molecule has 136 valence electrons. The minimum atomic E-state index is -0.338. The number of rotatable bonds is 5. The third kappa shape index (κ3) is 6.09. The molecule has 1 aromatic carbocycles. The highest BCUT2D eigenvalue weighted by Gasteiger charge is 2.30. The normalized spacial score (nSPS) is 12.2. The van der Waals surface area contributed by atoms with E-state index in [1.807, 2.05) is 60.5 Å². The molecular weight excluding hydrogens is 288 g/mol. The van der Waals surface area contributed by atoms with Crippen LogP contribution in [0.25, 0.3) is 0 Å². The molecule has 0 aromatic heterocycles. The Kier molecular flexibility index (Phi) is 11.1. The zero-order chi connectivity index (χ0) is 19.0. The number of likely N-dealkylation sites (N-methyl/N-ethyl adjacent to an activating group) is 2. The highest BCUT2D eigenvalue weighted by molar-refractivity contribution is 5.59. The van der Waals surface area contributed by atoms with Gasteiger partial charge in [0.2, 0.25) is 10.9 Å². The summed E-state index contributed by atoms with van der Waals surface area (Å²) in [5.74, 6) is 0.102. The number of hydrogen-bond acceptors (Lipinski definition) is 4. The van der Waals surface area contributed by atoms with Crippen molar-refractivity contribution in [1.29, 1.82) is 0 Å². The van der Waals surface area contributed by atoms with Crippen molar-refractivity contribution in [3.8, 4) is 0 Å². The second kappa shape index (κ2) is 10.6. The Balaban J connectivity index is 0. The van der Waals surface area contributed by atoms with Crippen LogP contribution in [0.1, 0.15) is 73.8 Å². The molecule has 0 aliphatic heterocycles. The summed E-state index contributed by atoms with van der Waals surface area (Å²) in [5.41, 5.74) is 0.725. The van der Waals surface area contributed by atoms with Crippen molar-refractivity contribution >= 4 is 5.69 Å². The van der Waals surface area contributed by atoms with Crippen molar-refractivity contribution in [3.63, 3.8) is 0 Å². The zero-order valence-electron chi connectivity index (χ0n) is 17.1. The summed E-state index contributed by atoms with van der Waals surface area (Å²) in [6.45, 7) is 19.1. The number of nitrogens with one attached hydrogen (secondary N) is 1. The molecule has 0 saturated heterocycles. The maximum Gasteiger partial charge on any atom is 0.249 e. The molecule has 0 spiro atoms. The van der Waals surface area contributed by atoms with Crippen LogP contribution in [0.2, 0.25) is 0 Å². The van der Waals surface area contributed by atoms with Gasteiger partial charge in [0, 0.05) is 25.2 Å². The number of anilines is 1. The minimum absolute atomic E-state index is 0.0956. The largest absolute Gasteiger partial charge is 0.369 e. The van der Waals surface area contributed by atoms with Gasteiger partial charge >= 0.3 is 0 Å². The highest BCUT2D eigenvalue weighted by Crippen LogP contribution is 2.25. The summed E-state index contributed by atoms with van der Waals surface area (Å²) in [7, 11) is 3.81. The van der Waals surface area contributed by atoms with Crippen LogP contribution in [-0.2, 0) is 0 Å². The molecule has 23 heavy (non-hydrogen) atoms. The fraction of sp³-hybridized carbons (Fsp3) is 0.789. The van der Waals surface area contributed by atoms with Gasteiger partial charge in [-0.15, -0.1) is 0 Å². The van der Waals surface area contributed by atoms with Crippen LogP contribution < -0.4 is 21.1 Å². The second-order valence-electron chi connectivity index (χ2n) is 6.66. The Labute approximate surface area is 143 Å². The van der Waals surface area contributed by atoms with Gasteiger partial charge in [-0.2, -0.15) is 0 Å². The molecule has 1 aromatic rings. The van der Waals surface area contributed by atoms with Crippen LogP contribution in [0.5, 0.6) is 0 Å². The molecule has 0 aliphatic carbocycles. The third-order valence-electron chi connectivity index (χ3n) is 3.73. The van der Waals surface area contributed by atoms with E-state index in [0.717, 1.165) is 0 Å². The summed E-state index contributed by atoms with van der Waals surface area (Å²) in [4.78, 5) is 25.3. The average molecular weight is 327 g/mol. The highest BCUT2D eigenvalue weighted by atomic mass is 16.2. The Hall–Kier alpha value is -1.16. The lowest BCUT2D eigenvalue weighted by molar-refractivity contribution is 0.285. The fourth-order valence-electron chi connectivity index (χ4n) is 2.48. The van der Waals surface area contributed by atoms with Crippen molar-refractivity contribution in [2.24, 2.45) is 5.41 Å². The molecular formula is C19H38N2O2. The molecule has 0 saturated carbocycles. The van der Waals surface area contributed by atoms with Crippen LogP contribution in [0, 0.1) is 5.41 Å². The van der Waals surface area contributed by atoms with Gasteiger partial charge in [-0.25, -0.2) is 0 Å². The average Bonchev–Trinajstić information content (AvgIpc) is 2.51. The lowest BCUT2D eigenvalue weighted by Gasteiger charge is -2.35. The molecule has 0 fully saturated rings. The van der Waals surface area contributed by atoms with Crippen LogP contribution in [0.15, 0.2) is 9.59 Å². The van der Waals surface area contributed by atoms with Crippen LogP contribution >= 0.6 is 0 Å². The smallest absolute Gasteiger partial charge is 0.249 e. The van der Waals surface area contributed by atoms with Crippen LogP contribution in [-0.4, -0.2) is 26.7 Å². The maximum absolute atomic E-state index is 11.8. The molecule has 0 amide bonds. The Morgan fingerprint density at radius 1 is 1.00 bits per heavy atom. The molecule has 1 unspecified atom stereocenters. The molecule has 0 radical (unpaired) electrons. The predicted octanol–water partition coefficient (Wildman–Crippen LogP) is 3.53. The van der Waals surface area contributed by atoms with E-state index < -0.39 is 0 Å². The first-order valence-corrected chi connectivity index (χ1v) is 8.82. The molecule has 0 bridgehead atoms. The Morgan fingerprint density at radius 2 is 1.43 bits per heavy atom. The summed E-state index contributed by atoms with van der Waals surface area (Å²) >= 11 is 0. The molecule has 4 nitrogen and oxygen atoms in total. The van der Waals surface area contributed by atoms with E-state index in [9.17, 15) is 9.59 Å². The first-order chi connectivity index (χ1) is 10.6. The topological polar surface area (TPSA) is 49.4 Å². The third-order valence-corrected chi connectivity index (χ3v) is 3.73. The first kappa shape index (κ1) is 24.1. The van der Waals surface area contributed by atoms with Gasteiger partial charge in [0.15, 0.2) is 0 Å². The predicted molar refractivity (Wildman–Crippen MR) is 104 cm³/mol. The molecule has 1 rings (SSSR count). The van der Waals surface area contributed by atoms with E-state index in [0.29, 0.717) is 17.8 Å². The Bertz CT molecular complexity index is 506. The van der Waals surface area contributed by atoms with Crippen molar-refractivity contribution in [1.82, 2.24) is 5.32 Å². The summed E-state index contributed by atoms with van der Waals surface area (Å²) in [5, 5.41) is 3.29. The quantitative estimate of drug-likeness (QED) is 0.841. The van der Waals surface area contributed by atoms with E-state index in [4.69, 9.17) is 0 Å². The van der Waals surface area contributed by atoms with Gasteiger partial charge in [0.05, 0.1) is 5.69 Å². The van der Waals surface area contributed by atoms with Gasteiger partial charge in [0.1, 0.15) is 0 Å². The maximum atomic E-state index is 11.8. The van der Waals surface area contributed by atoms with Gasteiger partial charge in [-0.05, 0) is 18.4 Å². The molecule has 1 N–H and O–H groups in total. The van der Waals surface area contributed by atoms with E-state index >= 15 is 0 Å². The first-order valence-electron chi connectivity index (χ1n) is 8.82. The molecule has 4 heteroatoms. The number of hydrogen-bond donors (Lipinski definition) is 1. The van der Waals surface area contributed by atoms with E-state index in [2.05, 4.69) is 26.1 Å². The molecule has 0 aliphatic rings. The van der Waals surface area contributed by atoms with Crippen molar-refractivity contribution in [3.05, 3.63) is 26.0 Å². The SMILES string of the molecule is CC.CC.CNC(CN(C)c1c(C(C)C)c(=O)c1=O)C(C)(C)C. The second-order valence-corrected chi connectivity index (χ2v) is 6.66. The number of nitrogens with zero attached hydrogens (tertiary/aromatic N) is 1. The van der Waals surface area contributed by atoms with E-state index in [1.54, 1.807) is 0 Å². The Morgan fingerprint density at radius 3 is 1.74 bits per heavy atom. The molecule has 1 atom stereocenters. The fourth-order valence-corrected chi connectivity index (χ4v) is 2.48.